The van der Waals surface area contributed by atoms with Crippen molar-refractivity contribution < 1.29 is 14.3 Å². The van der Waals surface area contributed by atoms with Crippen LogP contribution in [0.25, 0.3) is 11.4 Å². The van der Waals surface area contributed by atoms with E-state index in [9.17, 15) is 14.3 Å². The second-order valence-electron chi connectivity index (χ2n) is 4.63. The molecule has 6 nitrogen and oxygen atoms in total. The second-order valence-corrected chi connectivity index (χ2v) is 4.63. The molecule has 2 aromatic rings. The van der Waals surface area contributed by atoms with Crippen LogP contribution in [0.3, 0.4) is 0 Å². The topological polar surface area (TPSA) is 80.9 Å². The maximum Gasteiger partial charge on any atom is 0.328 e. The molecule has 1 aromatic heterocycles. The van der Waals surface area contributed by atoms with E-state index in [-0.39, 0.29) is 11.7 Å². The highest BCUT2D eigenvalue weighted by molar-refractivity contribution is 5.73. The normalized spacial score (nSPS) is 13.9. The van der Waals surface area contributed by atoms with Crippen molar-refractivity contribution in [1.29, 1.82) is 0 Å². The van der Waals surface area contributed by atoms with Gasteiger partial charge in [0.15, 0.2) is 11.9 Å². The summed E-state index contributed by atoms with van der Waals surface area (Å²) in [7, 11) is 0. The number of halogens is 1. The van der Waals surface area contributed by atoms with Crippen molar-refractivity contribution in [3.63, 3.8) is 0 Å². The molecule has 0 aliphatic heterocycles. The molecule has 0 bridgehead atoms. The molecule has 0 amide bonds. The highest BCUT2D eigenvalue weighted by Crippen LogP contribution is 2.26. The highest BCUT2D eigenvalue weighted by atomic mass is 19.1. The maximum absolute atomic E-state index is 13.3. The molecule has 2 atom stereocenters. The molecule has 0 saturated heterocycles. The molecule has 0 saturated carbocycles. The van der Waals surface area contributed by atoms with E-state index in [0.717, 1.165) is 0 Å². The minimum absolute atomic E-state index is 0.150. The number of rotatable bonds is 5. The molecule has 0 aliphatic rings. The summed E-state index contributed by atoms with van der Waals surface area (Å²) in [6.45, 7) is 3.71. The standard InChI is InChI=1S/C13H15FN4O2/c1-3-8(2)11(13(19)20)18-12(15-16-17-18)9-5-4-6-10(14)7-9/h4-8,11H,3H2,1-2H3,(H,19,20). The van der Waals surface area contributed by atoms with Gasteiger partial charge in [-0.2, -0.15) is 0 Å². The fourth-order valence-electron chi connectivity index (χ4n) is 2.01. The smallest absolute Gasteiger partial charge is 0.328 e. The van der Waals surface area contributed by atoms with E-state index in [2.05, 4.69) is 15.5 Å². The lowest BCUT2D eigenvalue weighted by molar-refractivity contribution is -0.142. The van der Waals surface area contributed by atoms with Crippen LogP contribution in [0.1, 0.15) is 26.3 Å². The van der Waals surface area contributed by atoms with Gasteiger partial charge in [-0.05, 0) is 28.5 Å². The third-order valence-electron chi connectivity index (χ3n) is 3.28. The molecule has 1 heterocycles. The van der Waals surface area contributed by atoms with Crippen LogP contribution in [-0.2, 0) is 4.79 Å². The fraction of sp³-hybridized carbons (Fsp3) is 0.385. The van der Waals surface area contributed by atoms with Crippen molar-refractivity contribution in [2.45, 2.75) is 26.3 Å². The third kappa shape index (κ3) is 2.66. The molecule has 2 unspecified atom stereocenters. The molecule has 0 radical (unpaired) electrons. The Kier molecular flexibility index (Phi) is 4.07. The summed E-state index contributed by atoms with van der Waals surface area (Å²) in [6.07, 6.45) is 0.666. The Balaban J connectivity index is 2.49. The summed E-state index contributed by atoms with van der Waals surface area (Å²) < 4.78 is 14.5. The molecular weight excluding hydrogens is 263 g/mol. The summed E-state index contributed by atoms with van der Waals surface area (Å²) in [5.74, 6) is -1.34. The Morgan fingerprint density at radius 2 is 2.25 bits per heavy atom. The molecule has 2 rings (SSSR count). The second kappa shape index (κ2) is 5.77. The Labute approximate surface area is 115 Å². The van der Waals surface area contributed by atoms with Gasteiger partial charge < -0.3 is 5.11 Å². The number of aromatic nitrogens is 4. The number of nitrogens with zero attached hydrogens (tertiary/aromatic N) is 4. The largest absolute Gasteiger partial charge is 0.480 e. The Bertz CT molecular complexity index is 614. The third-order valence-corrected chi connectivity index (χ3v) is 3.28. The summed E-state index contributed by atoms with van der Waals surface area (Å²) in [5.41, 5.74) is 0.449. The molecule has 1 N–H and O–H groups in total. The summed E-state index contributed by atoms with van der Waals surface area (Å²) in [5, 5.41) is 20.5. The van der Waals surface area contributed by atoms with Gasteiger partial charge >= 0.3 is 5.97 Å². The van der Waals surface area contributed by atoms with Crippen LogP contribution < -0.4 is 0 Å². The predicted octanol–water partition coefficient (Wildman–Crippen LogP) is 2.15. The van der Waals surface area contributed by atoms with Crippen molar-refractivity contribution in [1.82, 2.24) is 20.2 Å². The highest BCUT2D eigenvalue weighted by Gasteiger charge is 2.29. The average molecular weight is 278 g/mol. The van der Waals surface area contributed by atoms with Gasteiger partial charge in [0, 0.05) is 5.56 Å². The van der Waals surface area contributed by atoms with Crippen LogP contribution in [-0.4, -0.2) is 31.3 Å². The van der Waals surface area contributed by atoms with Crippen molar-refractivity contribution in [2.24, 2.45) is 5.92 Å². The van der Waals surface area contributed by atoms with Crippen molar-refractivity contribution in [3.05, 3.63) is 30.1 Å². The minimum atomic E-state index is -1.01. The van der Waals surface area contributed by atoms with Crippen molar-refractivity contribution >= 4 is 5.97 Å². The molecule has 0 aliphatic carbocycles. The first-order chi connectivity index (χ1) is 9.54. The number of carboxylic acid groups (broad SMARTS) is 1. The van der Waals surface area contributed by atoms with Crippen LogP contribution in [0.5, 0.6) is 0 Å². The first-order valence-electron chi connectivity index (χ1n) is 6.31. The van der Waals surface area contributed by atoms with Gasteiger partial charge in [0.25, 0.3) is 0 Å². The van der Waals surface area contributed by atoms with E-state index in [1.807, 2.05) is 13.8 Å². The van der Waals surface area contributed by atoms with Gasteiger partial charge in [0.1, 0.15) is 5.82 Å². The van der Waals surface area contributed by atoms with Gasteiger partial charge in [-0.3, -0.25) is 0 Å². The summed E-state index contributed by atoms with van der Waals surface area (Å²) in [6, 6.07) is 4.87. The Morgan fingerprint density at radius 3 is 2.85 bits per heavy atom. The van der Waals surface area contributed by atoms with Gasteiger partial charge in [-0.15, -0.1) is 5.10 Å². The van der Waals surface area contributed by atoms with Crippen LogP contribution in [0.2, 0.25) is 0 Å². The Hall–Kier alpha value is -2.31. The van der Waals surface area contributed by atoms with Crippen LogP contribution in [0.15, 0.2) is 24.3 Å². The lowest BCUT2D eigenvalue weighted by Crippen LogP contribution is -2.27. The van der Waals surface area contributed by atoms with Gasteiger partial charge in [-0.1, -0.05) is 32.4 Å². The molecule has 1 aromatic carbocycles. The van der Waals surface area contributed by atoms with Crippen LogP contribution in [0.4, 0.5) is 4.39 Å². The van der Waals surface area contributed by atoms with Crippen LogP contribution >= 0.6 is 0 Å². The lowest BCUT2D eigenvalue weighted by atomic mass is 9.99. The average Bonchev–Trinajstić information content (AvgIpc) is 2.87. The Morgan fingerprint density at radius 1 is 1.50 bits per heavy atom. The predicted molar refractivity (Wildman–Crippen MR) is 69.3 cm³/mol. The number of carbonyl (C=O) groups is 1. The molecular formula is C13H15FN4O2. The molecule has 20 heavy (non-hydrogen) atoms. The zero-order valence-corrected chi connectivity index (χ0v) is 11.2. The van der Waals surface area contributed by atoms with Crippen LogP contribution in [0, 0.1) is 11.7 Å². The first-order valence-corrected chi connectivity index (χ1v) is 6.31. The van der Waals surface area contributed by atoms with Gasteiger partial charge in [-0.25, -0.2) is 13.9 Å². The number of aliphatic carboxylic acids is 1. The number of benzene rings is 1. The number of hydrogen-bond donors (Lipinski definition) is 1. The fourth-order valence-corrected chi connectivity index (χ4v) is 2.01. The van der Waals surface area contributed by atoms with E-state index < -0.39 is 17.8 Å². The SMILES string of the molecule is CCC(C)C(C(=O)O)n1nnnc1-c1cccc(F)c1. The van der Waals surface area contributed by atoms with E-state index in [4.69, 9.17) is 0 Å². The number of hydrogen-bond acceptors (Lipinski definition) is 4. The van der Waals surface area contributed by atoms with E-state index >= 15 is 0 Å². The number of carboxylic acids is 1. The zero-order valence-electron chi connectivity index (χ0n) is 11.2. The lowest BCUT2D eigenvalue weighted by Gasteiger charge is -2.19. The van der Waals surface area contributed by atoms with E-state index in [1.54, 1.807) is 6.07 Å². The summed E-state index contributed by atoms with van der Waals surface area (Å²) >= 11 is 0. The molecule has 106 valence electrons. The van der Waals surface area contributed by atoms with Gasteiger partial charge in [0.2, 0.25) is 0 Å². The zero-order chi connectivity index (χ0) is 14.7. The van der Waals surface area contributed by atoms with E-state index in [1.165, 1.54) is 22.9 Å². The van der Waals surface area contributed by atoms with Crippen molar-refractivity contribution in [2.75, 3.05) is 0 Å². The maximum atomic E-state index is 13.3. The monoisotopic (exact) mass is 278 g/mol. The van der Waals surface area contributed by atoms with Crippen molar-refractivity contribution in [3.8, 4) is 11.4 Å². The summed E-state index contributed by atoms with van der Waals surface area (Å²) in [4.78, 5) is 11.5. The molecule has 7 heteroatoms. The first kappa shape index (κ1) is 14.1. The van der Waals surface area contributed by atoms with Gasteiger partial charge in [0.05, 0.1) is 0 Å². The van der Waals surface area contributed by atoms with E-state index in [0.29, 0.717) is 12.0 Å². The quantitative estimate of drug-likeness (QED) is 0.906. The minimum Gasteiger partial charge on any atom is -0.480 e. The molecule has 0 spiro atoms. The molecule has 0 fully saturated rings. The number of tetrazole rings is 1.